The Morgan fingerprint density at radius 1 is 1.61 bits per heavy atom. The number of nitrogens with two attached hydrogens (primary N) is 1. The molecule has 0 radical (unpaired) electrons. The Balaban J connectivity index is 2.89. The van der Waals surface area contributed by atoms with Crippen molar-refractivity contribution in [2.24, 2.45) is 11.7 Å². The number of rotatable bonds is 7. The van der Waals surface area contributed by atoms with Crippen LogP contribution in [-0.4, -0.2) is 27.4 Å². The van der Waals surface area contributed by atoms with Gasteiger partial charge in [0, 0.05) is 13.0 Å². The molecule has 6 heteroatoms. The number of carboxylic acids is 1. The number of hydrogen-bond donors (Lipinski definition) is 2. The van der Waals surface area contributed by atoms with Crippen LogP contribution in [0.4, 0.5) is 0 Å². The second-order valence-electron chi connectivity index (χ2n) is 4.33. The van der Waals surface area contributed by atoms with Crippen molar-refractivity contribution in [1.82, 2.24) is 9.78 Å². The van der Waals surface area contributed by atoms with Gasteiger partial charge in [-0.25, -0.2) is 0 Å². The molecule has 0 aliphatic rings. The number of halogens is 1. The van der Waals surface area contributed by atoms with Gasteiger partial charge in [0.2, 0.25) is 0 Å². The van der Waals surface area contributed by atoms with Gasteiger partial charge in [-0.05, 0) is 49.2 Å². The Morgan fingerprint density at radius 3 is 2.78 bits per heavy atom. The van der Waals surface area contributed by atoms with E-state index in [0.717, 1.165) is 28.8 Å². The van der Waals surface area contributed by atoms with Gasteiger partial charge in [0.05, 0.1) is 21.8 Å². The molecule has 0 aliphatic heterocycles. The molecule has 1 aromatic heterocycles. The van der Waals surface area contributed by atoms with Gasteiger partial charge in [-0.1, -0.05) is 0 Å². The molecular formula is C12H20BrN3O2. The third kappa shape index (κ3) is 3.55. The molecule has 1 heterocycles. The molecule has 0 saturated carbocycles. The van der Waals surface area contributed by atoms with E-state index in [1.807, 2.05) is 18.5 Å². The molecule has 0 bridgehead atoms. The lowest BCUT2D eigenvalue weighted by Crippen LogP contribution is -2.20. The standard InChI is InChI=1S/C12H20BrN3O2/c1-3-16-10(11(13)8(2)15-16)7-9(12(17)18)5-4-6-14/h9H,3-7,14H2,1-2H3,(H,17,18). The molecule has 0 fully saturated rings. The fourth-order valence-corrected chi connectivity index (χ4v) is 2.42. The second kappa shape index (κ2) is 6.89. The van der Waals surface area contributed by atoms with E-state index in [1.54, 1.807) is 0 Å². The van der Waals surface area contributed by atoms with Gasteiger partial charge in [-0.3, -0.25) is 9.48 Å². The van der Waals surface area contributed by atoms with E-state index in [2.05, 4.69) is 21.0 Å². The maximum absolute atomic E-state index is 11.2. The number of aromatic nitrogens is 2. The van der Waals surface area contributed by atoms with Gasteiger partial charge in [0.25, 0.3) is 0 Å². The smallest absolute Gasteiger partial charge is 0.306 e. The highest BCUT2D eigenvalue weighted by Gasteiger charge is 2.22. The molecule has 0 amide bonds. The summed E-state index contributed by atoms with van der Waals surface area (Å²) in [5.41, 5.74) is 7.30. The van der Waals surface area contributed by atoms with E-state index in [0.29, 0.717) is 19.4 Å². The Bertz CT molecular complexity index is 418. The van der Waals surface area contributed by atoms with Crippen LogP contribution in [0.1, 0.15) is 31.2 Å². The molecule has 0 aromatic carbocycles. The zero-order valence-corrected chi connectivity index (χ0v) is 12.4. The highest BCUT2D eigenvalue weighted by molar-refractivity contribution is 9.10. The Labute approximate surface area is 115 Å². The average molecular weight is 318 g/mol. The number of aliphatic carboxylic acids is 1. The second-order valence-corrected chi connectivity index (χ2v) is 5.13. The van der Waals surface area contributed by atoms with Crippen molar-refractivity contribution in [3.63, 3.8) is 0 Å². The van der Waals surface area contributed by atoms with E-state index in [-0.39, 0.29) is 0 Å². The van der Waals surface area contributed by atoms with Crippen LogP contribution >= 0.6 is 15.9 Å². The minimum Gasteiger partial charge on any atom is -0.481 e. The summed E-state index contributed by atoms with van der Waals surface area (Å²) in [6.07, 6.45) is 1.82. The third-order valence-electron chi connectivity index (χ3n) is 3.00. The summed E-state index contributed by atoms with van der Waals surface area (Å²) >= 11 is 3.49. The van der Waals surface area contributed by atoms with Crippen molar-refractivity contribution in [2.75, 3.05) is 6.54 Å². The largest absolute Gasteiger partial charge is 0.481 e. The monoisotopic (exact) mass is 317 g/mol. The number of nitrogens with zero attached hydrogens (tertiary/aromatic N) is 2. The van der Waals surface area contributed by atoms with Gasteiger partial charge in [0.15, 0.2) is 0 Å². The summed E-state index contributed by atoms with van der Waals surface area (Å²) in [5.74, 6) is -1.16. The van der Waals surface area contributed by atoms with Crippen LogP contribution in [0.3, 0.4) is 0 Å². The number of aryl methyl sites for hydroxylation is 2. The SMILES string of the molecule is CCn1nc(C)c(Br)c1CC(CCCN)C(=O)O. The Morgan fingerprint density at radius 2 is 2.28 bits per heavy atom. The van der Waals surface area contributed by atoms with Crippen molar-refractivity contribution in [1.29, 1.82) is 0 Å². The van der Waals surface area contributed by atoms with Gasteiger partial charge < -0.3 is 10.8 Å². The predicted octanol–water partition coefficient (Wildman–Crippen LogP) is 1.96. The fraction of sp³-hybridized carbons (Fsp3) is 0.667. The van der Waals surface area contributed by atoms with Crippen molar-refractivity contribution < 1.29 is 9.90 Å². The summed E-state index contributed by atoms with van der Waals surface area (Å²) in [7, 11) is 0. The van der Waals surface area contributed by atoms with Gasteiger partial charge >= 0.3 is 5.97 Å². The van der Waals surface area contributed by atoms with Gasteiger partial charge in [-0.15, -0.1) is 0 Å². The van der Waals surface area contributed by atoms with Crippen molar-refractivity contribution in [2.45, 2.75) is 39.7 Å². The molecule has 102 valence electrons. The molecule has 1 unspecified atom stereocenters. The number of hydrogen-bond acceptors (Lipinski definition) is 3. The zero-order valence-electron chi connectivity index (χ0n) is 10.8. The minimum absolute atomic E-state index is 0.397. The maximum Gasteiger partial charge on any atom is 0.306 e. The zero-order chi connectivity index (χ0) is 13.7. The number of carbonyl (C=O) groups is 1. The molecule has 0 aliphatic carbocycles. The van der Waals surface area contributed by atoms with E-state index in [1.165, 1.54) is 0 Å². The van der Waals surface area contributed by atoms with Crippen LogP contribution in [-0.2, 0) is 17.8 Å². The lowest BCUT2D eigenvalue weighted by Gasteiger charge is -2.13. The summed E-state index contributed by atoms with van der Waals surface area (Å²) in [5, 5.41) is 13.6. The first-order valence-corrected chi connectivity index (χ1v) is 6.95. The molecule has 0 saturated heterocycles. The topological polar surface area (TPSA) is 81.1 Å². The van der Waals surface area contributed by atoms with Crippen LogP contribution in [0.15, 0.2) is 4.47 Å². The number of carboxylic acid groups (broad SMARTS) is 1. The first-order valence-electron chi connectivity index (χ1n) is 6.15. The Hall–Kier alpha value is -0.880. The summed E-state index contributed by atoms with van der Waals surface area (Å²) in [6.45, 7) is 5.18. The van der Waals surface area contributed by atoms with E-state index in [4.69, 9.17) is 5.73 Å². The summed E-state index contributed by atoms with van der Waals surface area (Å²) < 4.78 is 2.78. The highest BCUT2D eigenvalue weighted by atomic mass is 79.9. The molecule has 1 rings (SSSR count). The predicted molar refractivity (Wildman–Crippen MR) is 73.5 cm³/mol. The van der Waals surface area contributed by atoms with Gasteiger partial charge in [-0.2, -0.15) is 5.10 Å². The highest BCUT2D eigenvalue weighted by Crippen LogP contribution is 2.25. The molecule has 1 atom stereocenters. The van der Waals surface area contributed by atoms with E-state index >= 15 is 0 Å². The maximum atomic E-state index is 11.2. The minimum atomic E-state index is -0.767. The van der Waals surface area contributed by atoms with Crippen LogP contribution < -0.4 is 5.73 Å². The quantitative estimate of drug-likeness (QED) is 0.805. The Kier molecular flexibility index (Phi) is 5.81. The molecular weight excluding hydrogens is 298 g/mol. The summed E-state index contributed by atoms with van der Waals surface area (Å²) in [6, 6.07) is 0. The first-order chi connectivity index (χ1) is 8.51. The van der Waals surface area contributed by atoms with Crippen LogP contribution in [0.2, 0.25) is 0 Å². The third-order valence-corrected chi connectivity index (χ3v) is 4.03. The fourth-order valence-electron chi connectivity index (χ4n) is 1.97. The van der Waals surface area contributed by atoms with Crippen LogP contribution in [0, 0.1) is 12.8 Å². The van der Waals surface area contributed by atoms with Crippen molar-refractivity contribution in [3.8, 4) is 0 Å². The van der Waals surface area contributed by atoms with E-state index in [9.17, 15) is 9.90 Å². The lowest BCUT2D eigenvalue weighted by molar-refractivity contribution is -0.142. The molecule has 1 aromatic rings. The van der Waals surface area contributed by atoms with E-state index < -0.39 is 11.9 Å². The lowest BCUT2D eigenvalue weighted by atomic mass is 9.97. The summed E-state index contributed by atoms with van der Waals surface area (Å²) in [4.78, 5) is 11.2. The van der Waals surface area contributed by atoms with Gasteiger partial charge in [0.1, 0.15) is 0 Å². The van der Waals surface area contributed by atoms with Crippen LogP contribution in [0.25, 0.3) is 0 Å². The van der Waals surface area contributed by atoms with Crippen molar-refractivity contribution in [3.05, 3.63) is 15.9 Å². The normalized spacial score (nSPS) is 12.7. The molecule has 18 heavy (non-hydrogen) atoms. The molecule has 0 spiro atoms. The molecule has 5 nitrogen and oxygen atoms in total. The first kappa shape index (κ1) is 15.2. The average Bonchev–Trinajstić information content (AvgIpc) is 2.61. The molecule has 3 N–H and O–H groups in total. The van der Waals surface area contributed by atoms with Crippen molar-refractivity contribution >= 4 is 21.9 Å². The van der Waals surface area contributed by atoms with Crippen LogP contribution in [0.5, 0.6) is 0 Å².